The molecule has 2 rings (SSSR count). The summed E-state index contributed by atoms with van der Waals surface area (Å²) in [6.45, 7) is 0. The van der Waals surface area contributed by atoms with Gasteiger partial charge in [-0.15, -0.1) is 0 Å². The number of hydrogen-bond donors (Lipinski definition) is 2. The van der Waals surface area contributed by atoms with Crippen molar-refractivity contribution in [3.8, 4) is 5.75 Å². The summed E-state index contributed by atoms with van der Waals surface area (Å²) in [5.74, 6) is -0.463. The Hall–Kier alpha value is -2.24. The number of H-pyrrole nitrogens is 1. The van der Waals surface area contributed by atoms with E-state index < -0.39 is 11.9 Å². The Morgan fingerprint density at radius 3 is 3.00 bits per heavy atom. The molecular weight excluding hydrogens is 190 g/mol. The first-order valence-corrected chi connectivity index (χ1v) is 3.69. The van der Waals surface area contributed by atoms with Crippen LogP contribution >= 0.6 is 0 Å². The molecule has 72 valence electrons. The summed E-state index contributed by atoms with van der Waals surface area (Å²) in [7, 11) is 0. The van der Waals surface area contributed by atoms with Crippen LogP contribution in [0.3, 0.4) is 0 Å². The molecule has 1 heterocycles. The van der Waals surface area contributed by atoms with Crippen LogP contribution in [-0.2, 0) is 0 Å². The zero-order valence-corrected chi connectivity index (χ0v) is 6.81. The van der Waals surface area contributed by atoms with Crippen molar-refractivity contribution < 1.29 is 19.1 Å². The number of rotatable bonds is 1. The van der Waals surface area contributed by atoms with Crippen LogP contribution in [0, 0.1) is 0 Å². The maximum Gasteiger partial charge on any atom is 0.511 e. The number of nitrogens with one attached hydrogen (secondary N) is 1. The second kappa shape index (κ2) is 2.91. The van der Waals surface area contributed by atoms with E-state index in [2.05, 4.69) is 9.72 Å². The van der Waals surface area contributed by atoms with Gasteiger partial charge in [-0.3, -0.25) is 4.98 Å². The van der Waals surface area contributed by atoms with Crippen LogP contribution in [0.15, 0.2) is 27.4 Å². The first-order valence-electron chi connectivity index (χ1n) is 3.69. The standard InChI is InChI=1S/C8H5NO5/c10-7-9-5-3-4(13-8(11)12)1-2-6(5)14-7/h1-3H,(H,9,10)(H,11,12). The predicted molar refractivity (Wildman–Crippen MR) is 45.5 cm³/mol. The molecule has 0 aliphatic rings. The fourth-order valence-corrected chi connectivity index (χ4v) is 1.10. The Morgan fingerprint density at radius 2 is 2.29 bits per heavy atom. The van der Waals surface area contributed by atoms with E-state index in [4.69, 9.17) is 9.52 Å². The summed E-state index contributed by atoms with van der Waals surface area (Å²) in [6, 6.07) is 4.22. The minimum atomic E-state index is -1.41. The van der Waals surface area contributed by atoms with Crippen molar-refractivity contribution in [3.05, 3.63) is 28.7 Å². The maximum absolute atomic E-state index is 10.7. The largest absolute Gasteiger partial charge is 0.511 e. The molecule has 0 radical (unpaired) electrons. The lowest BCUT2D eigenvalue weighted by Gasteiger charge is -1.97. The molecule has 0 spiro atoms. The normalized spacial score (nSPS) is 10.3. The van der Waals surface area contributed by atoms with Crippen LogP contribution < -0.4 is 10.5 Å². The van der Waals surface area contributed by atoms with E-state index in [9.17, 15) is 9.59 Å². The van der Waals surface area contributed by atoms with Gasteiger partial charge in [-0.25, -0.2) is 9.59 Å². The van der Waals surface area contributed by atoms with E-state index in [0.29, 0.717) is 11.1 Å². The third-order valence-corrected chi connectivity index (χ3v) is 1.60. The molecule has 0 aliphatic heterocycles. The van der Waals surface area contributed by atoms with Gasteiger partial charge in [0.05, 0.1) is 5.52 Å². The van der Waals surface area contributed by atoms with Gasteiger partial charge in [-0.05, 0) is 12.1 Å². The first kappa shape index (κ1) is 8.36. The number of ether oxygens (including phenoxy) is 1. The molecular formula is C8H5NO5. The van der Waals surface area contributed by atoms with E-state index in [1.807, 2.05) is 0 Å². The highest BCUT2D eigenvalue weighted by Crippen LogP contribution is 2.17. The predicted octanol–water partition coefficient (Wildman–Crippen LogP) is 1.18. The molecule has 2 N–H and O–H groups in total. The molecule has 2 aromatic rings. The van der Waals surface area contributed by atoms with Gasteiger partial charge in [0.2, 0.25) is 0 Å². The highest BCUT2D eigenvalue weighted by molar-refractivity contribution is 5.75. The molecule has 0 amide bonds. The number of fused-ring (bicyclic) bond motifs is 1. The summed E-state index contributed by atoms with van der Waals surface area (Å²) in [5.41, 5.74) is 0.751. The smallest absolute Gasteiger partial charge is 0.449 e. The highest BCUT2D eigenvalue weighted by Gasteiger charge is 2.05. The fourth-order valence-electron chi connectivity index (χ4n) is 1.10. The number of carbonyl (C=O) groups is 1. The molecule has 0 atom stereocenters. The zero-order valence-electron chi connectivity index (χ0n) is 6.81. The number of oxazole rings is 1. The monoisotopic (exact) mass is 195 g/mol. The number of carboxylic acid groups (broad SMARTS) is 1. The molecule has 6 nitrogen and oxygen atoms in total. The Labute approximate surface area is 76.7 Å². The van der Waals surface area contributed by atoms with E-state index in [1.54, 1.807) is 0 Å². The van der Waals surface area contributed by atoms with Crippen molar-refractivity contribution in [1.29, 1.82) is 0 Å². The summed E-state index contributed by atoms with van der Waals surface area (Å²) >= 11 is 0. The van der Waals surface area contributed by atoms with Crippen LogP contribution in [0.25, 0.3) is 11.1 Å². The van der Waals surface area contributed by atoms with E-state index in [1.165, 1.54) is 18.2 Å². The van der Waals surface area contributed by atoms with Crippen molar-refractivity contribution in [2.45, 2.75) is 0 Å². The molecule has 0 bridgehead atoms. The summed E-state index contributed by atoms with van der Waals surface area (Å²) in [6.07, 6.45) is -1.41. The summed E-state index contributed by atoms with van der Waals surface area (Å²) in [4.78, 5) is 23.3. The second-order valence-corrected chi connectivity index (χ2v) is 2.54. The Bertz CT molecular complexity index is 538. The number of benzene rings is 1. The van der Waals surface area contributed by atoms with E-state index in [0.717, 1.165) is 0 Å². The molecule has 14 heavy (non-hydrogen) atoms. The third-order valence-electron chi connectivity index (χ3n) is 1.60. The Balaban J connectivity index is 2.50. The van der Waals surface area contributed by atoms with E-state index >= 15 is 0 Å². The van der Waals surface area contributed by atoms with Crippen molar-refractivity contribution in [3.63, 3.8) is 0 Å². The summed E-state index contributed by atoms with van der Waals surface area (Å²) < 4.78 is 9.10. The second-order valence-electron chi connectivity index (χ2n) is 2.54. The minimum Gasteiger partial charge on any atom is -0.449 e. The van der Waals surface area contributed by atoms with Gasteiger partial charge in [0.15, 0.2) is 5.58 Å². The molecule has 0 saturated heterocycles. The molecule has 0 unspecified atom stereocenters. The topological polar surface area (TPSA) is 92.5 Å². The maximum atomic E-state index is 10.7. The van der Waals surface area contributed by atoms with Gasteiger partial charge in [-0.2, -0.15) is 0 Å². The van der Waals surface area contributed by atoms with Gasteiger partial charge < -0.3 is 14.3 Å². The van der Waals surface area contributed by atoms with Crippen molar-refractivity contribution in [2.75, 3.05) is 0 Å². The SMILES string of the molecule is O=C(O)Oc1ccc2oc(=O)[nH]c2c1. The lowest BCUT2D eigenvalue weighted by molar-refractivity contribution is 0.144. The molecule has 1 aromatic carbocycles. The van der Waals surface area contributed by atoms with Crippen LogP contribution in [0.1, 0.15) is 0 Å². The number of aromatic nitrogens is 1. The van der Waals surface area contributed by atoms with Gasteiger partial charge >= 0.3 is 11.9 Å². The Kier molecular flexibility index (Phi) is 1.74. The third kappa shape index (κ3) is 1.45. The van der Waals surface area contributed by atoms with Crippen LogP contribution in [-0.4, -0.2) is 16.2 Å². The lowest BCUT2D eigenvalue weighted by Crippen LogP contribution is -2.02. The molecule has 0 saturated carbocycles. The average molecular weight is 195 g/mol. The van der Waals surface area contributed by atoms with Crippen molar-refractivity contribution >= 4 is 17.3 Å². The van der Waals surface area contributed by atoms with Gasteiger partial charge in [0.1, 0.15) is 5.75 Å². The van der Waals surface area contributed by atoms with Crippen molar-refractivity contribution in [2.24, 2.45) is 0 Å². The first-order chi connectivity index (χ1) is 6.65. The van der Waals surface area contributed by atoms with Gasteiger partial charge in [-0.1, -0.05) is 0 Å². The highest BCUT2D eigenvalue weighted by atomic mass is 16.7. The van der Waals surface area contributed by atoms with Crippen LogP contribution in [0.2, 0.25) is 0 Å². The molecule has 6 heteroatoms. The molecule has 1 aromatic heterocycles. The number of aromatic amines is 1. The van der Waals surface area contributed by atoms with Crippen LogP contribution in [0.5, 0.6) is 5.75 Å². The minimum absolute atomic E-state index is 0.127. The fraction of sp³-hybridized carbons (Fsp3) is 0. The van der Waals surface area contributed by atoms with Gasteiger partial charge in [0, 0.05) is 6.07 Å². The average Bonchev–Trinajstić information content (AvgIpc) is 2.42. The molecule has 0 fully saturated rings. The lowest BCUT2D eigenvalue weighted by atomic mass is 10.3. The zero-order chi connectivity index (χ0) is 10.1. The number of hydrogen-bond acceptors (Lipinski definition) is 4. The quantitative estimate of drug-likeness (QED) is 0.526. The summed E-state index contributed by atoms with van der Waals surface area (Å²) in [5, 5.41) is 8.33. The van der Waals surface area contributed by atoms with E-state index in [-0.39, 0.29) is 5.75 Å². The van der Waals surface area contributed by atoms with Crippen molar-refractivity contribution in [1.82, 2.24) is 4.98 Å². The van der Waals surface area contributed by atoms with Gasteiger partial charge in [0.25, 0.3) is 0 Å². The van der Waals surface area contributed by atoms with Crippen LogP contribution in [0.4, 0.5) is 4.79 Å². The molecule has 0 aliphatic carbocycles. The Morgan fingerprint density at radius 1 is 1.50 bits per heavy atom.